The number of nitrogens with zero attached hydrogens (tertiary/aromatic N) is 1. The maximum atomic E-state index is 13.1. The number of pyridine rings is 1. The van der Waals surface area contributed by atoms with Crippen LogP contribution in [0.15, 0.2) is 91.1 Å². The molecule has 4 rings (SSSR count). The number of benzene rings is 3. The lowest BCUT2D eigenvalue weighted by atomic mass is 10.1. The molecular formula is C25H20FN3O. The minimum atomic E-state index is -0.334. The molecule has 4 aromatic rings. The van der Waals surface area contributed by atoms with Crippen LogP contribution in [0.3, 0.4) is 0 Å². The summed E-state index contributed by atoms with van der Waals surface area (Å²) in [7, 11) is 0. The van der Waals surface area contributed by atoms with Crippen molar-refractivity contribution in [2.24, 2.45) is 0 Å². The van der Waals surface area contributed by atoms with Crippen molar-refractivity contribution in [3.8, 4) is 22.3 Å². The molecule has 0 fully saturated rings. The highest BCUT2D eigenvalue weighted by Crippen LogP contribution is 2.24. The van der Waals surface area contributed by atoms with E-state index in [1.807, 2.05) is 67.6 Å². The Hall–Kier alpha value is -3.99. The smallest absolute Gasteiger partial charge is 0.308 e. The summed E-state index contributed by atoms with van der Waals surface area (Å²) < 4.78 is 13.1. The Morgan fingerprint density at radius 1 is 0.733 bits per heavy atom. The molecule has 30 heavy (non-hydrogen) atoms. The van der Waals surface area contributed by atoms with E-state index in [-0.39, 0.29) is 11.8 Å². The van der Waals surface area contributed by atoms with Crippen LogP contribution in [0.4, 0.5) is 20.6 Å². The van der Waals surface area contributed by atoms with Gasteiger partial charge in [0.25, 0.3) is 0 Å². The average Bonchev–Trinajstić information content (AvgIpc) is 2.75. The molecule has 4 nitrogen and oxygen atoms in total. The van der Waals surface area contributed by atoms with Gasteiger partial charge in [-0.15, -0.1) is 0 Å². The molecule has 0 spiro atoms. The van der Waals surface area contributed by atoms with Crippen LogP contribution < -0.4 is 10.6 Å². The van der Waals surface area contributed by atoms with E-state index in [0.29, 0.717) is 11.4 Å². The Morgan fingerprint density at radius 3 is 2.07 bits per heavy atom. The summed E-state index contributed by atoms with van der Waals surface area (Å²) in [5.74, 6) is -0.280. The lowest BCUT2D eigenvalue weighted by Gasteiger charge is -2.10. The highest BCUT2D eigenvalue weighted by atomic mass is 19.1. The number of aryl methyl sites for hydroxylation is 1. The number of carbonyl (C=O) groups is 1. The maximum absolute atomic E-state index is 13.1. The molecule has 0 aliphatic rings. The first-order valence-corrected chi connectivity index (χ1v) is 9.54. The van der Waals surface area contributed by atoms with Crippen LogP contribution in [0.5, 0.6) is 0 Å². The van der Waals surface area contributed by atoms with Gasteiger partial charge >= 0.3 is 6.03 Å². The van der Waals surface area contributed by atoms with Crippen LogP contribution in [0.1, 0.15) is 5.69 Å². The van der Waals surface area contributed by atoms with Crippen LogP contribution in [-0.4, -0.2) is 11.0 Å². The molecule has 2 N–H and O–H groups in total. The van der Waals surface area contributed by atoms with Crippen molar-refractivity contribution < 1.29 is 9.18 Å². The molecule has 1 aromatic heterocycles. The number of carbonyl (C=O) groups excluding carboxylic acids is 1. The quantitative estimate of drug-likeness (QED) is 0.413. The number of hydrogen-bond donors (Lipinski definition) is 2. The average molecular weight is 397 g/mol. The molecular weight excluding hydrogens is 377 g/mol. The zero-order valence-corrected chi connectivity index (χ0v) is 16.4. The molecule has 5 heteroatoms. The molecule has 0 aliphatic heterocycles. The second-order valence-corrected chi connectivity index (χ2v) is 6.93. The van der Waals surface area contributed by atoms with Crippen LogP contribution in [0.2, 0.25) is 0 Å². The van der Waals surface area contributed by atoms with Gasteiger partial charge < -0.3 is 10.6 Å². The van der Waals surface area contributed by atoms with Crippen molar-refractivity contribution in [1.82, 2.24) is 4.98 Å². The van der Waals surface area contributed by atoms with E-state index in [2.05, 4.69) is 15.6 Å². The van der Waals surface area contributed by atoms with E-state index in [0.717, 1.165) is 27.9 Å². The summed E-state index contributed by atoms with van der Waals surface area (Å²) in [6.45, 7) is 1.95. The highest BCUT2D eigenvalue weighted by molar-refractivity contribution is 6.00. The standard InChI is InChI=1S/C25H20FN3O/c1-17-15-21(13-14-27-17)19-7-11-23(12-8-19)28-25(30)29-24-4-2-3-20(16-24)18-5-9-22(26)10-6-18/h2-16H,1H3,(H2,28,29,30). The van der Waals surface area contributed by atoms with Crippen LogP contribution in [-0.2, 0) is 0 Å². The number of amides is 2. The first kappa shape index (κ1) is 19.3. The second kappa shape index (κ2) is 8.57. The molecule has 0 unspecified atom stereocenters. The fourth-order valence-corrected chi connectivity index (χ4v) is 3.18. The van der Waals surface area contributed by atoms with Gasteiger partial charge in [-0.2, -0.15) is 0 Å². The summed E-state index contributed by atoms with van der Waals surface area (Å²) in [5, 5.41) is 5.67. The predicted octanol–water partition coefficient (Wildman–Crippen LogP) is 6.51. The third kappa shape index (κ3) is 4.70. The number of aromatic nitrogens is 1. The molecule has 0 bridgehead atoms. The molecule has 3 aromatic carbocycles. The van der Waals surface area contributed by atoms with Gasteiger partial charge in [-0.25, -0.2) is 9.18 Å². The van der Waals surface area contributed by atoms with Crippen molar-refractivity contribution in [1.29, 1.82) is 0 Å². The lowest BCUT2D eigenvalue weighted by molar-refractivity contribution is 0.262. The van der Waals surface area contributed by atoms with Gasteiger partial charge in [0.05, 0.1) is 0 Å². The normalized spacial score (nSPS) is 10.5. The van der Waals surface area contributed by atoms with E-state index in [1.165, 1.54) is 12.1 Å². The van der Waals surface area contributed by atoms with Crippen LogP contribution >= 0.6 is 0 Å². The molecule has 0 atom stereocenters. The Morgan fingerprint density at radius 2 is 1.37 bits per heavy atom. The predicted molar refractivity (Wildman–Crippen MR) is 119 cm³/mol. The van der Waals surface area contributed by atoms with E-state index >= 15 is 0 Å². The van der Waals surface area contributed by atoms with Crippen molar-refractivity contribution in [3.05, 3.63) is 103 Å². The van der Waals surface area contributed by atoms with E-state index < -0.39 is 0 Å². The summed E-state index contributed by atoms with van der Waals surface area (Å²) in [5.41, 5.74) is 6.20. The molecule has 0 aliphatic carbocycles. The fraction of sp³-hybridized carbons (Fsp3) is 0.0400. The molecule has 1 heterocycles. The van der Waals surface area contributed by atoms with Crippen LogP contribution in [0.25, 0.3) is 22.3 Å². The summed E-state index contributed by atoms with van der Waals surface area (Å²) >= 11 is 0. The summed E-state index contributed by atoms with van der Waals surface area (Å²) in [4.78, 5) is 16.6. The van der Waals surface area contributed by atoms with Gasteiger partial charge in [-0.1, -0.05) is 36.4 Å². The van der Waals surface area contributed by atoms with Gasteiger partial charge in [0.15, 0.2) is 0 Å². The summed E-state index contributed by atoms with van der Waals surface area (Å²) in [6.07, 6.45) is 1.78. The van der Waals surface area contributed by atoms with Crippen LogP contribution in [0, 0.1) is 12.7 Å². The first-order chi connectivity index (χ1) is 14.6. The van der Waals surface area contributed by atoms with Crippen molar-refractivity contribution in [2.75, 3.05) is 10.6 Å². The highest BCUT2D eigenvalue weighted by Gasteiger charge is 2.06. The van der Waals surface area contributed by atoms with Crippen molar-refractivity contribution in [2.45, 2.75) is 6.92 Å². The zero-order chi connectivity index (χ0) is 20.9. The molecule has 0 radical (unpaired) electrons. The zero-order valence-electron chi connectivity index (χ0n) is 16.4. The first-order valence-electron chi connectivity index (χ1n) is 9.54. The minimum absolute atomic E-state index is 0.280. The van der Waals surface area contributed by atoms with E-state index in [4.69, 9.17) is 0 Å². The fourth-order valence-electron chi connectivity index (χ4n) is 3.18. The Balaban J connectivity index is 1.42. The Kier molecular flexibility index (Phi) is 5.52. The minimum Gasteiger partial charge on any atom is -0.308 e. The van der Waals surface area contributed by atoms with Gasteiger partial charge in [-0.05, 0) is 77.7 Å². The number of anilines is 2. The summed E-state index contributed by atoms with van der Waals surface area (Å²) in [6, 6.07) is 24.9. The number of halogens is 1. The number of nitrogens with one attached hydrogen (secondary N) is 2. The molecule has 148 valence electrons. The van der Waals surface area contributed by atoms with E-state index in [1.54, 1.807) is 18.3 Å². The topological polar surface area (TPSA) is 54.0 Å². The largest absolute Gasteiger partial charge is 0.323 e. The number of hydrogen-bond acceptors (Lipinski definition) is 2. The SMILES string of the molecule is Cc1cc(-c2ccc(NC(=O)Nc3cccc(-c4ccc(F)cc4)c3)cc2)ccn1. The van der Waals surface area contributed by atoms with E-state index in [9.17, 15) is 9.18 Å². The van der Waals surface area contributed by atoms with Gasteiger partial charge in [0.1, 0.15) is 5.82 Å². The number of rotatable bonds is 4. The third-order valence-corrected chi connectivity index (χ3v) is 4.67. The van der Waals surface area contributed by atoms with Crippen molar-refractivity contribution >= 4 is 17.4 Å². The maximum Gasteiger partial charge on any atom is 0.323 e. The monoisotopic (exact) mass is 397 g/mol. The van der Waals surface area contributed by atoms with Gasteiger partial charge in [0, 0.05) is 23.3 Å². The molecule has 2 amide bonds. The second-order valence-electron chi connectivity index (χ2n) is 6.93. The Labute approximate surface area is 174 Å². The van der Waals surface area contributed by atoms with Crippen molar-refractivity contribution in [3.63, 3.8) is 0 Å². The number of urea groups is 1. The Bertz CT molecular complexity index is 1170. The van der Waals surface area contributed by atoms with Gasteiger partial charge in [0.2, 0.25) is 0 Å². The third-order valence-electron chi connectivity index (χ3n) is 4.67. The van der Waals surface area contributed by atoms with Gasteiger partial charge in [-0.3, -0.25) is 4.98 Å². The molecule has 0 saturated heterocycles. The molecule has 0 saturated carbocycles. The lowest BCUT2D eigenvalue weighted by Crippen LogP contribution is -2.19.